The molecule has 0 aliphatic carbocycles. The van der Waals surface area contributed by atoms with E-state index in [1.165, 1.54) is 6.20 Å². The Bertz CT molecular complexity index is 410. The van der Waals surface area contributed by atoms with Crippen LogP contribution >= 0.6 is 0 Å². The van der Waals surface area contributed by atoms with Gasteiger partial charge in [-0.1, -0.05) is 0 Å². The minimum atomic E-state index is -1.14. The van der Waals surface area contributed by atoms with Gasteiger partial charge in [0.1, 0.15) is 0 Å². The van der Waals surface area contributed by atoms with E-state index in [1.54, 1.807) is 12.3 Å². The van der Waals surface area contributed by atoms with Gasteiger partial charge in [0.25, 0.3) is 0 Å². The summed E-state index contributed by atoms with van der Waals surface area (Å²) in [6, 6.07) is 1.69. The first-order chi connectivity index (χ1) is 8.77. The lowest BCUT2D eigenvalue weighted by molar-refractivity contribution is 0.187. The molecule has 0 saturated carbocycles. The quantitative estimate of drug-likeness (QED) is 0.614. The minimum absolute atomic E-state index is 0.378. The molecule has 3 N–H and O–H groups in total. The number of amides is 1. The monoisotopic (exact) mass is 251 g/mol. The van der Waals surface area contributed by atoms with Gasteiger partial charge in [-0.3, -0.25) is 10.3 Å². The van der Waals surface area contributed by atoms with Crippen molar-refractivity contribution < 1.29 is 19.2 Å². The second-order valence-electron chi connectivity index (χ2n) is 3.72. The van der Waals surface area contributed by atoms with Crippen molar-refractivity contribution in [2.45, 2.75) is 0 Å². The fraction of sp³-hybridized carbons (Fsp3) is 0.400. The average Bonchev–Trinajstić information content (AvgIpc) is 2.29. The Morgan fingerprint density at radius 3 is 2.83 bits per heavy atom. The number of carboxylic acid groups (broad SMARTS) is 1. The Balaban J connectivity index is 2.16. The first-order valence-corrected chi connectivity index (χ1v) is 5.65. The summed E-state index contributed by atoms with van der Waals surface area (Å²) in [5.41, 5.74) is 1.01. The normalized spacial score (nSPS) is 16.8. The molecule has 0 unspecified atom stereocenters. The number of nitrogens with one attached hydrogen (secondary N) is 2. The van der Waals surface area contributed by atoms with Crippen molar-refractivity contribution in [3.05, 3.63) is 18.5 Å². The number of hydrogen-bond donors (Lipinski definition) is 3. The molecule has 1 amide bonds. The third-order valence-electron chi connectivity index (χ3n) is 2.45. The van der Waals surface area contributed by atoms with Crippen molar-refractivity contribution in [1.82, 2.24) is 10.3 Å². The Labute approximate surface area is 105 Å². The molecule has 1 aromatic heterocycles. The highest BCUT2D eigenvalue weighted by Crippen LogP contribution is 2.05. The van der Waals surface area contributed by atoms with Crippen LogP contribution in [0.3, 0.4) is 0 Å². The van der Waals surface area contributed by atoms with Crippen molar-refractivity contribution in [3.63, 3.8) is 0 Å². The average molecular weight is 251 g/mol. The van der Waals surface area contributed by atoms with Gasteiger partial charge in [-0.05, 0) is 6.07 Å². The van der Waals surface area contributed by atoms with Crippen LogP contribution in [0.15, 0.2) is 18.5 Å². The Morgan fingerprint density at radius 1 is 1.44 bits per heavy atom. The molecule has 2 rings (SSSR count). The second-order valence-corrected chi connectivity index (χ2v) is 3.72. The van der Waals surface area contributed by atoms with Crippen molar-refractivity contribution >= 4 is 24.4 Å². The first kappa shape index (κ1) is 12.8. The van der Waals surface area contributed by atoms with Gasteiger partial charge >= 0.3 is 13.2 Å². The van der Waals surface area contributed by atoms with Crippen LogP contribution in [0, 0.1) is 0 Å². The molecule has 18 heavy (non-hydrogen) atoms. The third kappa shape index (κ3) is 3.43. The smallest absolute Gasteiger partial charge is 0.465 e. The second kappa shape index (κ2) is 6.34. The first-order valence-electron chi connectivity index (χ1n) is 5.65. The molecule has 0 aromatic carbocycles. The highest BCUT2D eigenvalue weighted by molar-refractivity contribution is 6.63. The largest absolute Gasteiger partial charge is 0.496 e. The molecule has 96 valence electrons. The predicted molar refractivity (Wildman–Crippen MR) is 66.0 cm³/mol. The van der Waals surface area contributed by atoms with Crippen molar-refractivity contribution in [1.29, 1.82) is 0 Å². The van der Waals surface area contributed by atoms with Crippen LogP contribution in [0.4, 0.5) is 10.5 Å². The SMILES string of the molecule is O=C(O)Nc1cnccc1B1OCCNCCO1. The lowest BCUT2D eigenvalue weighted by atomic mass is 9.78. The van der Waals surface area contributed by atoms with Crippen LogP contribution in [0.1, 0.15) is 0 Å². The number of anilines is 1. The van der Waals surface area contributed by atoms with Gasteiger partial charge in [-0.2, -0.15) is 0 Å². The van der Waals surface area contributed by atoms with Gasteiger partial charge in [0.15, 0.2) is 0 Å². The number of rotatable bonds is 2. The molecule has 2 heterocycles. The molecule has 0 spiro atoms. The topological polar surface area (TPSA) is 92.7 Å². The number of aromatic nitrogens is 1. The van der Waals surface area contributed by atoms with Crippen molar-refractivity contribution in [2.75, 3.05) is 31.6 Å². The summed E-state index contributed by atoms with van der Waals surface area (Å²) in [4.78, 5) is 14.6. The molecule has 1 fully saturated rings. The zero-order chi connectivity index (χ0) is 12.8. The molecular weight excluding hydrogens is 237 g/mol. The van der Waals surface area contributed by atoms with E-state index < -0.39 is 13.2 Å². The number of carbonyl (C=O) groups is 1. The standard InChI is InChI=1S/C10H14BN3O4/c15-10(16)14-9-7-13-2-1-8(9)11-17-5-3-12-4-6-18-11/h1-2,7,12,14H,3-6H2,(H,15,16). The lowest BCUT2D eigenvalue weighted by Gasteiger charge is -2.20. The Morgan fingerprint density at radius 2 is 2.17 bits per heavy atom. The van der Waals surface area contributed by atoms with Gasteiger partial charge in [0, 0.05) is 38.0 Å². The van der Waals surface area contributed by atoms with Crippen LogP contribution < -0.4 is 16.1 Å². The zero-order valence-electron chi connectivity index (χ0n) is 9.76. The van der Waals surface area contributed by atoms with Gasteiger partial charge in [-0.15, -0.1) is 0 Å². The molecule has 1 saturated heterocycles. The number of hydrogen-bond acceptors (Lipinski definition) is 5. The molecule has 7 nitrogen and oxygen atoms in total. The summed E-state index contributed by atoms with van der Waals surface area (Å²) in [5, 5.41) is 14.2. The van der Waals surface area contributed by atoms with E-state index in [9.17, 15) is 4.79 Å². The summed E-state index contributed by atoms with van der Waals surface area (Å²) < 4.78 is 11.1. The van der Waals surface area contributed by atoms with Crippen LogP contribution in [0.2, 0.25) is 0 Å². The maximum Gasteiger partial charge on any atom is 0.496 e. The van der Waals surface area contributed by atoms with Crippen molar-refractivity contribution in [3.8, 4) is 0 Å². The lowest BCUT2D eigenvalue weighted by Crippen LogP contribution is -2.44. The summed E-state index contributed by atoms with van der Waals surface area (Å²) in [5.74, 6) is 0. The fourth-order valence-electron chi connectivity index (χ4n) is 1.66. The molecule has 0 radical (unpaired) electrons. The van der Waals surface area contributed by atoms with E-state index in [1.807, 2.05) is 0 Å². The highest BCUT2D eigenvalue weighted by Gasteiger charge is 2.26. The van der Waals surface area contributed by atoms with Crippen molar-refractivity contribution in [2.24, 2.45) is 0 Å². The summed E-state index contributed by atoms with van der Waals surface area (Å²) >= 11 is 0. The van der Waals surface area contributed by atoms with E-state index in [2.05, 4.69) is 15.6 Å². The Hall–Kier alpha value is -1.64. The summed E-state index contributed by atoms with van der Waals surface area (Å²) in [6.07, 6.45) is 1.87. The molecule has 8 heteroatoms. The van der Waals surface area contributed by atoms with Crippen LogP contribution in [-0.4, -0.2) is 49.6 Å². The molecule has 1 aliphatic heterocycles. The summed E-state index contributed by atoms with van der Waals surface area (Å²) in [6.45, 7) is 2.48. The maximum absolute atomic E-state index is 10.7. The highest BCUT2D eigenvalue weighted by atomic mass is 16.6. The molecule has 0 bridgehead atoms. The molecular formula is C10H14BN3O4. The van der Waals surface area contributed by atoms with E-state index in [0.29, 0.717) is 24.4 Å². The van der Waals surface area contributed by atoms with E-state index >= 15 is 0 Å². The van der Waals surface area contributed by atoms with Crippen LogP contribution in [-0.2, 0) is 9.31 Å². The van der Waals surface area contributed by atoms with Gasteiger partial charge in [0.2, 0.25) is 0 Å². The number of nitrogens with zero attached hydrogens (tertiary/aromatic N) is 1. The van der Waals surface area contributed by atoms with Gasteiger partial charge in [-0.25, -0.2) is 4.79 Å². The fourth-order valence-corrected chi connectivity index (χ4v) is 1.66. The van der Waals surface area contributed by atoms with Crippen LogP contribution in [0.25, 0.3) is 0 Å². The minimum Gasteiger partial charge on any atom is -0.465 e. The van der Waals surface area contributed by atoms with Crippen LogP contribution in [0.5, 0.6) is 0 Å². The third-order valence-corrected chi connectivity index (χ3v) is 2.45. The van der Waals surface area contributed by atoms with E-state index in [0.717, 1.165) is 13.1 Å². The zero-order valence-corrected chi connectivity index (χ0v) is 9.76. The predicted octanol–water partition coefficient (Wildman–Crippen LogP) is -0.497. The Kier molecular flexibility index (Phi) is 4.51. The maximum atomic E-state index is 10.7. The van der Waals surface area contributed by atoms with E-state index in [4.69, 9.17) is 14.4 Å². The number of pyridine rings is 1. The molecule has 1 aliphatic rings. The molecule has 0 atom stereocenters. The van der Waals surface area contributed by atoms with E-state index in [-0.39, 0.29) is 0 Å². The van der Waals surface area contributed by atoms with Gasteiger partial charge < -0.3 is 19.7 Å². The molecule has 1 aromatic rings. The van der Waals surface area contributed by atoms with Gasteiger partial charge in [0.05, 0.1) is 11.9 Å². The summed E-state index contributed by atoms with van der Waals surface area (Å²) in [7, 11) is -0.572.